The first-order chi connectivity index (χ1) is 8.37. The number of hydrogen-bond donors (Lipinski definition) is 3. The first kappa shape index (κ1) is 12.6. The fourth-order valence-corrected chi connectivity index (χ4v) is 3.56. The zero-order chi connectivity index (χ0) is 13.3. The first-order valence-electron chi connectivity index (χ1n) is 5.40. The van der Waals surface area contributed by atoms with Crippen molar-refractivity contribution in [1.29, 1.82) is 0 Å². The maximum Gasteiger partial charge on any atom is 0.252 e. The number of amides is 1. The summed E-state index contributed by atoms with van der Waals surface area (Å²) in [5.41, 5.74) is 11.2. The van der Waals surface area contributed by atoms with Gasteiger partial charge in [0.15, 0.2) is 9.84 Å². The van der Waals surface area contributed by atoms with E-state index in [1.54, 1.807) is 0 Å². The normalized spacial score (nSPS) is 21.7. The van der Waals surface area contributed by atoms with Gasteiger partial charge in [0, 0.05) is 6.04 Å². The van der Waals surface area contributed by atoms with E-state index in [0.717, 1.165) is 0 Å². The molecule has 8 heteroatoms. The van der Waals surface area contributed by atoms with Crippen LogP contribution in [0.2, 0.25) is 0 Å². The van der Waals surface area contributed by atoms with Crippen LogP contribution in [-0.2, 0) is 9.84 Å². The van der Waals surface area contributed by atoms with E-state index in [1.807, 2.05) is 0 Å². The third kappa shape index (κ3) is 2.70. The molecular formula is C10H14N4O3S. The van der Waals surface area contributed by atoms with Crippen LogP contribution in [0, 0.1) is 0 Å². The molecule has 18 heavy (non-hydrogen) atoms. The lowest BCUT2D eigenvalue weighted by Crippen LogP contribution is -2.24. The Balaban J connectivity index is 2.22. The Morgan fingerprint density at radius 3 is 2.78 bits per heavy atom. The molecule has 1 unspecified atom stereocenters. The van der Waals surface area contributed by atoms with Crippen molar-refractivity contribution in [2.75, 3.05) is 22.6 Å². The highest BCUT2D eigenvalue weighted by Crippen LogP contribution is 2.20. The van der Waals surface area contributed by atoms with Crippen LogP contribution in [0.1, 0.15) is 16.8 Å². The molecule has 7 nitrogen and oxygen atoms in total. The van der Waals surface area contributed by atoms with Gasteiger partial charge in [-0.25, -0.2) is 13.4 Å². The van der Waals surface area contributed by atoms with Gasteiger partial charge in [0.2, 0.25) is 0 Å². The highest BCUT2D eigenvalue weighted by Gasteiger charge is 2.28. The fourth-order valence-electron chi connectivity index (χ4n) is 1.89. The van der Waals surface area contributed by atoms with Gasteiger partial charge in [0.1, 0.15) is 5.82 Å². The largest absolute Gasteiger partial charge is 0.397 e. The van der Waals surface area contributed by atoms with Crippen molar-refractivity contribution in [3.8, 4) is 0 Å². The van der Waals surface area contributed by atoms with Gasteiger partial charge >= 0.3 is 0 Å². The van der Waals surface area contributed by atoms with Gasteiger partial charge in [-0.3, -0.25) is 4.79 Å². The topological polar surface area (TPSA) is 128 Å². The van der Waals surface area contributed by atoms with Gasteiger partial charge in [-0.2, -0.15) is 0 Å². The summed E-state index contributed by atoms with van der Waals surface area (Å²) in [7, 11) is -2.99. The summed E-state index contributed by atoms with van der Waals surface area (Å²) in [6, 6.07) is 1.17. The number of primary amides is 1. The molecule has 0 radical (unpaired) electrons. The molecule has 5 N–H and O–H groups in total. The molecule has 1 aromatic rings. The molecule has 0 aromatic carbocycles. The minimum absolute atomic E-state index is 0.0389. The molecule has 1 aliphatic heterocycles. The lowest BCUT2D eigenvalue weighted by Gasteiger charge is -2.14. The van der Waals surface area contributed by atoms with E-state index < -0.39 is 15.7 Å². The van der Waals surface area contributed by atoms with Crippen LogP contribution in [0.3, 0.4) is 0 Å². The molecule has 1 aliphatic rings. The minimum atomic E-state index is -2.99. The van der Waals surface area contributed by atoms with Crippen LogP contribution in [0.4, 0.5) is 11.5 Å². The maximum atomic E-state index is 11.3. The Morgan fingerprint density at radius 2 is 2.22 bits per heavy atom. The van der Waals surface area contributed by atoms with Crippen molar-refractivity contribution in [1.82, 2.24) is 4.98 Å². The monoisotopic (exact) mass is 270 g/mol. The molecule has 0 aliphatic carbocycles. The number of nitrogens with one attached hydrogen (secondary N) is 1. The van der Waals surface area contributed by atoms with Crippen LogP contribution in [0.25, 0.3) is 0 Å². The Hall–Kier alpha value is -1.83. The lowest BCUT2D eigenvalue weighted by molar-refractivity contribution is 0.100. The Kier molecular flexibility index (Phi) is 3.12. The summed E-state index contributed by atoms with van der Waals surface area (Å²) in [6.45, 7) is 0. The zero-order valence-corrected chi connectivity index (χ0v) is 10.4. The third-order valence-corrected chi connectivity index (χ3v) is 4.52. The van der Waals surface area contributed by atoms with Crippen LogP contribution in [0.15, 0.2) is 12.3 Å². The quantitative estimate of drug-likeness (QED) is 0.670. The number of rotatable bonds is 3. The van der Waals surface area contributed by atoms with Crippen molar-refractivity contribution >= 4 is 27.2 Å². The number of nitrogen functional groups attached to an aromatic ring is 1. The Bertz CT molecular complexity index is 585. The van der Waals surface area contributed by atoms with Crippen LogP contribution >= 0.6 is 0 Å². The van der Waals surface area contributed by atoms with Crippen molar-refractivity contribution in [3.05, 3.63) is 17.8 Å². The number of nitrogens with zero attached hydrogens (tertiary/aromatic N) is 1. The molecule has 0 spiro atoms. The maximum absolute atomic E-state index is 11.3. The fraction of sp³-hybridized carbons (Fsp3) is 0.400. The molecular weight excluding hydrogens is 256 g/mol. The van der Waals surface area contributed by atoms with Crippen LogP contribution in [0.5, 0.6) is 0 Å². The van der Waals surface area contributed by atoms with Crippen molar-refractivity contribution in [3.63, 3.8) is 0 Å². The summed E-state index contributed by atoms with van der Waals surface area (Å²) >= 11 is 0. The second kappa shape index (κ2) is 4.45. The molecule has 1 amide bonds. The van der Waals surface area contributed by atoms with Crippen molar-refractivity contribution in [2.45, 2.75) is 12.5 Å². The van der Waals surface area contributed by atoms with E-state index in [1.165, 1.54) is 12.3 Å². The Labute approximate surface area is 104 Å². The van der Waals surface area contributed by atoms with E-state index in [9.17, 15) is 13.2 Å². The molecule has 0 saturated carbocycles. The number of carbonyl (C=O) groups excluding carboxylic acids is 1. The van der Waals surface area contributed by atoms with Crippen molar-refractivity contribution < 1.29 is 13.2 Å². The zero-order valence-electron chi connectivity index (χ0n) is 9.59. The molecule has 2 heterocycles. The highest BCUT2D eigenvalue weighted by atomic mass is 32.2. The summed E-state index contributed by atoms with van der Waals surface area (Å²) in [4.78, 5) is 15.2. The minimum Gasteiger partial charge on any atom is -0.397 e. The van der Waals surface area contributed by atoms with Gasteiger partial charge < -0.3 is 16.8 Å². The first-order valence-corrected chi connectivity index (χ1v) is 7.22. The molecule has 1 aromatic heterocycles. The standard InChI is InChI=1S/C10H14N4O3S/c11-6-3-8(9(12)15)10(13-4-6)14-7-1-2-18(16,17)5-7/h3-4,7H,1-2,5,11H2,(H2,12,15)(H,13,14). The molecule has 98 valence electrons. The number of pyridine rings is 1. The summed E-state index contributed by atoms with van der Waals surface area (Å²) in [6.07, 6.45) is 1.88. The van der Waals surface area contributed by atoms with Gasteiger partial charge in [0.05, 0.1) is 29.0 Å². The second-order valence-corrected chi connectivity index (χ2v) is 6.50. The average molecular weight is 270 g/mol. The number of aromatic nitrogens is 1. The smallest absolute Gasteiger partial charge is 0.252 e. The van der Waals surface area contributed by atoms with E-state index in [-0.39, 0.29) is 28.9 Å². The van der Waals surface area contributed by atoms with E-state index in [2.05, 4.69) is 10.3 Å². The predicted molar refractivity (Wildman–Crippen MR) is 67.8 cm³/mol. The second-order valence-electron chi connectivity index (χ2n) is 4.27. The SMILES string of the molecule is NC(=O)c1cc(N)cnc1NC1CCS(=O)(=O)C1. The number of sulfone groups is 1. The molecule has 1 fully saturated rings. The van der Waals surface area contributed by atoms with Crippen LogP contribution < -0.4 is 16.8 Å². The molecule has 2 rings (SSSR count). The summed E-state index contributed by atoms with van der Waals surface area (Å²) < 4.78 is 22.7. The highest BCUT2D eigenvalue weighted by molar-refractivity contribution is 7.91. The molecule has 1 atom stereocenters. The van der Waals surface area contributed by atoms with Gasteiger partial charge in [0.25, 0.3) is 5.91 Å². The Morgan fingerprint density at radius 1 is 1.50 bits per heavy atom. The predicted octanol–water partition coefficient (Wildman–Crippen LogP) is -0.638. The van der Waals surface area contributed by atoms with E-state index >= 15 is 0 Å². The lowest BCUT2D eigenvalue weighted by atomic mass is 10.2. The van der Waals surface area contributed by atoms with E-state index in [4.69, 9.17) is 11.5 Å². The third-order valence-electron chi connectivity index (χ3n) is 2.75. The van der Waals surface area contributed by atoms with E-state index in [0.29, 0.717) is 12.1 Å². The summed E-state index contributed by atoms with van der Waals surface area (Å²) in [5, 5.41) is 2.93. The number of nitrogens with two attached hydrogens (primary N) is 2. The van der Waals surface area contributed by atoms with Crippen LogP contribution in [-0.4, -0.2) is 36.9 Å². The molecule has 1 saturated heterocycles. The number of hydrogen-bond acceptors (Lipinski definition) is 6. The number of anilines is 2. The summed E-state index contributed by atoms with van der Waals surface area (Å²) in [5.74, 6) is -0.194. The van der Waals surface area contributed by atoms with Crippen molar-refractivity contribution in [2.24, 2.45) is 5.73 Å². The molecule has 0 bridgehead atoms. The number of carbonyl (C=O) groups is 1. The average Bonchev–Trinajstić information content (AvgIpc) is 2.60. The van der Waals surface area contributed by atoms with Gasteiger partial charge in [-0.1, -0.05) is 0 Å². The van der Waals surface area contributed by atoms with Gasteiger partial charge in [-0.15, -0.1) is 0 Å². The van der Waals surface area contributed by atoms with Gasteiger partial charge in [-0.05, 0) is 12.5 Å².